The highest BCUT2D eigenvalue weighted by Crippen LogP contribution is 2.37. The summed E-state index contributed by atoms with van der Waals surface area (Å²) in [7, 11) is -3.51. The lowest BCUT2D eigenvalue weighted by Gasteiger charge is -2.04. The van der Waals surface area contributed by atoms with Crippen LogP contribution in [0.5, 0.6) is 0 Å². The Morgan fingerprint density at radius 2 is 2.30 bits per heavy atom. The predicted molar refractivity (Wildman–Crippen MR) is 76.7 cm³/mol. The van der Waals surface area contributed by atoms with Crippen molar-refractivity contribution >= 4 is 21.4 Å². The SMILES string of the molecule is NCc1cc(S(=O)(=O)NCc2nccs2)cn1C1CC1. The van der Waals surface area contributed by atoms with Crippen LogP contribution in [0.2, 0.25) is 0 Å². The molecule has 0 spiro atoms. The maximum atomic E-state index is 12.3. The van der Waals surface area contributed by atoms with Crippen LogP contribution in [-0.4, -0.2) is 18.0 Å². The molecule has 0 unspecified atom stereocenters. The second-order valence-corrected chi connectivity index (χ2v) is 7.51. The minimum atomic E-state index is -3.51. The first-order valence-corrected chi connectivity index (χ1v) is 8.75. The molecular weight excluding hydrogens is 296 g/mol. The van der Waals surface area contributed by atoms with Crippen LogP contribution in [0.25, 0.3) is 0 Å². The van der Waals surface area contributed by atoms with E-state index in [1.54, 1.807) is 18.5 Å². The number of hydrogen-bond donors (Lipinski definition) is 2. The molecular formula is C12H16N4O2S2. The Kier molecular flexibility index (Phi) is 3.63. The van der Waals surface area contributed by atoms with Crippen LogP contribution in [0.1, 0.15) is 29.6 Å². The fourth-order valence-electron chi connectivity index (χ4n) is 2.08. The van der Waals surface area contributed by atoms with Crippen molar-refractivity contribution in [1.82, 2.24) is 14.3 Å². The van der Waals surface area contributed by atoms with E-state index >= 15 is 0 Å². The van der Waals surface area contributed by atoms with Gasteiger partial charge in [-0.2, -0.15) is 0 Å². The molecule has 6 nitrogen and oxygen atoms in total. The van der Waals surface area contributed by atoms with Crippen LogP contribution < -0.4 is 10.5 Å². The highest BCUT2D eigenvalue weighted by molar-refractivity contribution is 7.89. The van der Waals surface area contributed by atoms with Gasteiger partial charge < -0.3 is 10.3 Å². The van der Waals surface area contributed by atoms with Crippen molar-refractivity contribution in [2.75, 3.05) is 0 Å². The third-order valence-electron chi connectivity index (χ3n) is 3.26. The molecule has 1 saturated carbocycles. The number of nitrogens with zero attached hydrogens (tertiary/aromatic N) is 2. The molecule has 0 atom stereocenters. The van der Waals surface area contributed by atoms with Gasteiger partial charge in [0.05, 0.1) is 11.4 Å². The molecule has 2 aromatic heterocycles. The van der Waals surface area contributed by atoms with Crippen LogP contribution >= 0.6 is 11.3 Å². The van der Waals surface area contributed by atoms with Gasteiger partial charge in [0.1, 0.15) is 5.01 Å². The summed E-state index contributed by atoms with van der Waals surface area (Å²) in [5.74, 6) is 0. The number of nitrogens with two attached hydrogens (primary N) is 1. The average molecular weight is 312 g/mol. The maximum Gasteiger partial charge on any atom is 0.242 e. The van der Waals surface area contributed by atoms with Crippen molar-refractivity contribution in [2.24, 2.45) is 5.73 Å². The molecule has 1 aliphatic rings. The van der Waals surface area contributed by atoms with Crippen molar-refractivity contribution in [3.8, 4) is 0 Å². The van der Waals surface area contributed by atoms with E-state index < -0.39 is 10.0 Å². The van der Waals surface area contributed by atoms with Crippen molar-refractivity contribution in [2.45, 2.75) is 36.9 Å². The molecule has 0 radical (unpaired) electrons. The molecule has 8 heteroatoms. The van der Waals surface area contributed by atoms with Crippen LogP contribution in [0, 0.1) is 0 Å². The zero-order valence-corrected chi connectivity index (χ0v) is 12.5. The van der Waals surface area contributed by atoms with Crippen LogP contribution in [0.3, 0.4) is 0 Å². The van der Waals surface area contributed by atoms with Gasteiger partial charge in [0.2, 0.25) is 10.0 Å². The summed E-state index contributed by atoms with van der Waals surface area (Å²) in [4.78, 5) is 4.34. The first kappa shape index (κ1) is 13.7. The lowest BCUT2D eigenvalue weighted by atomic mass is 10.4. The topological polar surface area (TPSA) is 90.0 Å². The minimum absolute atomic E-state index is 0.215. The Morgan fingerprint density at radius 1 is 1.50 bits per heavy atom. The first-order chi connectivity index (χ1) is 9.60. The molecule has 108 valence electrons. The number of hydrogen-bond acceptors (Lipinski definition) is 5. The van der Waals surface area contributed by atoms with E-state index in [0.717, 1.165) is 23.5 Å². The Balaban J connectivity index is 1.79. The summed E-state index contributed by atoms with van der Waals surface area (Å²) in [5.41, 5.74) is 6.54. The summed E-state index contributed by atoms with van der Waals surface area (Å²) in [6.07, 6.45) is 5.52. The van der Waals surface area contributed by atoms with Crippen molar-refractivity contribution in [3.63, 3.8) is 0 Å². The Morgan fingerprint density at radius 3 is 2.90 bits per heavy atom. The molecule has 20 heavy (non-hydrogen) atoms. The molecule has 0 saturated heterocycles. The Bertz CT molecular complexity index is 687. The Labute approximate surface area is 121 Å². The minimum Gasteiger partial charge on any atom is -0.346 e. The molecule has 0 aromatic carbocycles. The van der Waals surface area contributed by atoms with Gasteiger partial charge in [0.25, 0.3) is 0 Å². The number of rotatable bonds is 6. The van der Waals surface area contributed by atoms with Crippen molar-refractivity contribution < 1.29 is 8.42 Å². The van der Waals surface area contributed by atoms with Gasteiger partial charge in [-0.25, -0.2) is 18.1 Å². The van der Waals surface area contributed by atoms with Crippen LogP contribution in [-0.2, 0) is 23.1 Å². The summed E-state index contributed by atoms with van der Waals surface area (Å²) in [5, 5.41) is 2.56. The molecule has 3 rings (SSSR count). The quantitative estimate of drug-likeness (QED) is 0.839. The highest BCUT2D eigenvalue weighted by atomic mass is 32.2. The van der Waals surface area contributed by atoms with Gasteiger partial charge in [-0.15, -0.1) is 11.3 Å². The fourth-order valence-corrected chi connectivity index (χ4v) is 3.76. The Hall–Kier alpha value is -1.22. The van der Waals surface area contributed by atoms with E-state index in [1.165, 1.54) is 11.3 Å². The van der Waals surface area contributed by atoms with Gasteiger partial charge in [0, 0.05) is 36.1 Å². The van der Waals surface area contributed by atoms with Gasteiger partial charge in [-0.05, 0) is 18.9 Å². The molecule has 0 bridgehead atoms. The van der Waals surface area contributed by atoms with E-state index in [1.807, 2.05) is 9.95 Å². The van der Waals surface area contributed by atoms with E-state index in [2.05, 4.69) is 9.71 Å². The zero-order valence-electron chi connectivity index (χ0n) is 10.8. The van der Waals surface area contributed by atoms with Crippen LogP contribution in [0.4, 0.5) is 0 Å². The van der Waals surface area contributed by atoms with Gasteiger partial charge >= 0.3 is 0 Å². The number of nitrogens with one attached hydrogen (secondary N) is 1. The molecule has 0 amide bonds. The molecule has 3 N–H and O–H groups in total. The molecule has 1 fully saturated rings. The third kappa shape index (κ3) is 2.78. The molecule has 2 heterocycles. The standard InChI is InChI=1S/C12H16N4O2S2/c13-6-10-5-11(8-16(10)9-1-2-9)20(17,18)15-7-12-14-3-4-19-12/h3-5,8-9,15H,1-2,6-7,13H2. The predicted octanol–water partition coefficient (Wildman–Crippen LogP) is 1.22. The van der Waals surface area contributed by atoms with Crippen molar-refractivity contribution in [1.29, 1.82) is 0 Å². The number of thiazole rings is 1. The largest absolute Gasteiger partial charge is 0.346 e. The van der Waals surface area contributed by atoms with E-state index in [0.29, 0.717) is 12.6 Å². The highest BCUT2D eigenvalue weighted by Gasteiger charge is 2.27. The van der Waals surface area contributed by atoms with E-state index in [9.17, 15) is 8.42 Å². The fraction of sp³-hybridized carbons (Fsp3) is 0.417. The summed E-state index contributed by atoms with van der Waals surface area (Å²) < 4.78 is 29.1. The second-order valence-electron chi connectivity index (χ2n) is 4.76. The van der Waals surface area contributed by atoms with E-state index in [4.69, 9.17) is 5.73 Å². The maximum absolute atomic E-state index is 12.3. The third-order valence-corrected chi connectivity index (χ3v) is 5.41. The zero-order chi connectivity index (χ0) is 14.2. The number of sulfonamides is 1. The number of aromatic nitrogens is 2. The lowest BCUT2D eigenvalue weighted by Crippen LogP contribution is -2.22. The second kappa shape index (κ2) is 5.28. The average Bonchev–Trinajstić information content (AvgIpc) is 2.98. The van der Waals surface area contributed by atoms with Crippen LogP contribution in [0.15, 0.2) is 28.7 Å². The molecule has 0 aliphatic heterocycles. The van der Waals surface area contributed by atoms with Crippen molar-refractivity contribution in [3.05, 3.63) is 34.5 Å². The summed E-state index contributed by atoms with van der Waals surface area (Å²) in [6.45, 7) is 0.561. The molecule has 2 aromatic rings. The summed E-state index contributed by atoms with van der Waals surface area (Å²) in [6, 6.07) is 2.07. The molecule has 1 aliphatic carbocycles. The van der Waals surface area contributed by atoms with Gasteiger partial charge in [-0.1, -0.05) is 0 Å². The monoisotopic (exact) mass is 312 g/mol. The smallest absolute Gasteiger partial charge is 0.242 e. The summed E-state index contributed by atoms with van der Waals surface area (Å²) >= 11 is 1.42. The van der Waals surface area contributed by atoms with E-state index in [-0.39, 0.29) is 11.4 Å². The first-order valence-electron chi connectivity index (χ1n) is 6.39. The van der Waals surface area contributed by atoms with Gasteiger partial charge in [-0.3, -0.25) is 0 Å². The lowest BCUT2D eigenvalue weighted by molar-refractivity contribution is 0.580. The van der Waals surface area contributed by atoms with Gasteiger partial charge in [0.15, 0.2) is 0 Å². The normalized spacial score (nSPS) is 15.7.